The Morgan fingerprint density at radius 1 is 1.18 bits per heavy atom. The van der Waals surface area contributed by atoms with Crippen LogP contribution in [-0.4, -0.2) is 26.6 Å². The molecule has 1 aromatic carbocycles. The number of hydrogen-bond donors (Lipinski definition) is 2. The molecule has 0 bridgehead atoms. The largest absolute Gasteiger partial charge is 0.356 e. The molecule has 0 saturated heterocycles. The summed E-state index contributed by atoms with van der Waals surface area (Å²) in [5.74, 6) is -1.02. The van der Waals surface area contributed by atoms with E-state index in [1.54, 1.807) is 19.1 Å². The van der Waals surface area contributed by atoms with Crippen molar-refractivity contribution in [2.45, 2.75) is 40.0 Å². The third-order valence-corrected chi connectivity index (χ3v) is 4.81. The molecule has 0 saturated carbocycles. The summed E-state index contributed by atoms with van der Waals surface area (Å²) in [4.78, 5) is 11.9. The Bertz CT molecular complexity index is 568. The molecule has 1 aromatic rings. The molecule has 0 aliphatic carbocycles. The lowest BCUT2D eigenvalue weighted by atomic mass is 10.2. The molecular formula is C16H26N2O3S. The van der Waals surface area contributed by atoms with Gasteiger partial charge in [-0.3, -0.25) is 9.52 Å². The number of aryl methyl sites for hydroxylation is 1. The van der Waals surface area contributed by atoms with Gasteiger partial charge in [-0.15, -0.1) is 0 Å². The molecule has 1 amide bonds. The molecule has 0 aliphatic rings. The highest BCUT2D eigenvalue weighted by molar-refractivity contribution is 7.92. The van der Waals surface area contributed by atoms with Gasteiger partial charge in [0.1, 0.15) is 0 Å². The Balaban J connectivity index is 2.49. The number of nitrogens with one attached hydrogen (secondary N) is 2. The molecule has 2 N–H and O–H groups in total. The van der Waals surface area contributed by atoms with Crippen LogP contribution >= 0.6 is 0 Å². The summed E-state index contributed by atoms with van der Waals surface area (Å²) >= 11 is 0. The molecule has 22 heavy (non-hydrogen) atoms. The minimum Gasteiger partial charge on any atom is -0.356 e. The number of sulfonamides is 1. The maximum atomic E-state index is 12.1. The number of carbonyl (C=O) groups is 1. The molecule has 124 valence electrons. The summed E-state index contributed by atoms with van der Waals surface area (Å²) < 4.78 is 26.7. The maximum Gasteiger partial charge on any atom is 0.233 e. The first kappa shape index (κ1) is 18.5. The van der Waals surface area contributed by atoms with Gasteiger partial charge in [-0.1, -0.05) is 44.4 Å². The fourth-order valence-corrected chi connectivity index (χ4v) is 3.40. The smallest absolute Gasteiger partial charge is 0.233 e. The van der Waals surface area contributed by atoms with Gasteiger partial charge in [0.25, 0.3) is 0 Å². The van der Waals surface area contributed by atoms with Crippen molar-refractivity contribution in [1.29, 1.82) is 0 Å². The second-order valence-corrected chi connectivity index (χ2v) is 7.42. The minimum atomic E-state index is -3.54. The zero-order valence-electron chi connectivity index (χ0n) is 13.6. The van der Waals surface area contributed by atoms with Gasteiger partial charge in [-0.05, 0) is 25.5 Å². The molecule has 1 rings (SSSR count). The quantitative estimate of drug-likeness (QED) is 0.685. The van der Waals surface area contributed by atoms with E-state index in [0.29, 0.717) is 12.2 Å². The summed E-state index contributed by atoms with van der Waals surface area (Å²) in [6.07, 6.45) is 3.06. The van der Waals surface area contributed by atoms with Crippen molar-refractivity contribution < 1.29 is 13.2 Å². The molecule has 0 radical (unpaired) electrons. The average Bonchev–Trinajstić information content (AvgIpc) is 2.45. The minimum absolute atomic E-state index is 0.217. The molecule has 0 aromatic heterocycles. The molecular weight excluding hydrogens is 300 g/mol. The summed E-state index contributed by atoms with van der Waals surface area (Å²) in [6.45, 7) is 6.25. The molecule has 0 spiro atoms. The molecule has 6 heteroatoms. The number of anilines is 1. The van der Waals surface area contributed by atoms with Crippen molar-refractivity contribution in [2.24, 2.45) is 5.92 Å². The van der Waals surface area contributed by atoms with Crippen molar-refractivity contribution in [1.82, 2.24) is 5.32 Å². The van der Waals surface area contributed by atoms with Gasteiger partial charge in [-0.2, -0.15) is 0 Å². The van der Waals surface area contributed by atoms with E-state index in [9.17, 15) is 13.2 Å². The molecule has 0 fully saturated rings. The topological polar surface area (TPSA) is 75.3 Å². The first-order valence-electron chi connectivity index (χ1n) is 7.69. The Morgan fingerprint density at radius 2 is 1.82 bits per heavy atom. The van der Waals surface area contributed by atoms with Crippen LogP contribution in [0.1, 0.15) is 38.7 Å². The molecule has 0 aliphatic heterocycles. The number of benzene rings is 1. The van der Waals surface area contributed by atoms with Crippen LogP contribution in [0.4, 0.5) is 5.69 Å². The SMILES string of the molecule is CCCCCNC(=O)C(C)CS(=O)(=O)Nc1ccc(C)cc1. The summed E-state index contributed by atoms with van der Waals surface area (Å²) in [5.41, 5.74) is 1.57. The Labute approximate surface area is 133 Å². The summed E-state index contributed by atoms with van der Waals surface area (Å²) in [7, 11) is -3.54. The highest BCUT2D eigenvalue weighted by Crippen LogP contribution is 2.12. The zero-order chi connectivity index (χ0) is 16.6. The standard InChI is InChI=1S/C16H26N2O3S/c1-4-5-6-11-17-16(19)14(3)12-22(20,21)18-15-9-7-13(2)8-10-15/h7-10,14,18H,4-6,11-12H2,1-3H3,(H,17,19). The van der Waals surface area contributed by atoms with Gasteiger partial charge in [-0.25, -0.2) is 8.42 Å². The number of hydrogen-bond acceptors (Lipinski definition) is 3. The van der Waals surface area contributed by atoms with Crippen molar-refractivity contribution >= 4 is 21.6 Å². The Morgan fingerprint density at radius 3 is 2.41 bits per heavy atom. The third kappa shape index (κ3) is 6.93. The van der Waals surface area contributed by atoms with E-state index in [1.165, 1.54) is 0 Å². The van der Waals surface area contributed by atoms with Gasteiger partial charge < -0.3 is 5.32 Å². The van der Waals surface area contributed by atoms with Crippen molar-refractivity contribution in [3.63, 3.8) is 0 Å². The monoisotopic (exact) mass is 326 g/mol. The molecule has 5 nitrogen and oxygen atoms in total. The fraction of sp³-hybridized carbons (Fsp3) is 0.562. The number of carbonyl (C=O) groups excluding carboxylic acids is 1. The van der Waals surface area contributed by atoms with Gasteiger partial charge >= 0.3 is 0 Å². The molecule has 0 heterocycles. The van der Waals surface area contributed by atoms with E-state index < -0.39 is 15.9 Å². The highest BCUT2D eigenvalue weighted by Gasteiger charge is 2.21. The van der Waals surface area contributed by atoms with Crippen LogP contribution in [0.2, 0.25) is 0 Å². The lowest BCUT2D eigenvalue weighted by Crippen LogP contribution is -2.35. The second kappa shape index (κ2) is 8.78. The van der Waals surface area contributed by atoms with Gasteiger partial charge in [0, 0.05) is 12.2 Å². The van der Waals surface area contributed by atoms with Crippen LogP contribution in [0.15, 0.2) is 24.3 Å². The normalized spacial score (nSPS) is 12.7. The van der Waals surface area contributed by atoms with Gasteiger partial charge in [0.15, 0.2) is 0 Å². The molecule has 1 atom stereocenters. The van der Waals surface area contributed by atoms with E-state index in [2.05, 4.69) is 17.0 Å². The Hall–Kier alpha value is -1.56. The predicted molar refractivity (Wildman–Crippen MR) is 90.3 cm³/mol. The van der Waals surface area contributed by atoms with E-state index >= 15 is 0 Å². The van der Waals surface area contributed by atoms with Crippen LogP contribution in [0, 0.1) is 12.8 Å². The van der Waals surface area contributed by atoms with Crippen molar-refractivity contribution in [3.8, 4) is 0 Å². The lowest BCUT2D eigenvalue weighted by Gasteiger charge is -2.14. The summed E-state index contributed by atoms with van der Waals surface area (Å²) in [5, 5.41) is 2.78. The molecule has 1 unspecified atom stereocenters. The fourth-order valence-electron chi connectivity index (χ4n) is 2.01. The van der Waals surface area contributed by atoms with Crippen molar-refractivity contribution in [3.05, 3.63) is 29.8 Å². The van der Waals surface area contributed by atoms with Gasteiger partial charge in [0.05, 0.1) is 11.7 Å². The highest BCUT2D eigenvalue weighted by atomic mass is 32.2. The number of unbranched alkanes of at least 4 members (excludes halogenated alkanes) is 2. The first-order chi connectivity index (χ1) is 10.3. The number of amides is 1. The van der Waals surface area contributed by atoms with Crippen LogP contribution in [0.3, 0.4) is 0 Å². The van der Waals surface area contributed by atoms with E-state index in [4.69, 9.17) is 0 Å². The van der Waals surface area contributed by atoms with Crippen LogP contribution in [0.5, 0.6) is 0 Å². The van der Waals surface area contributed by atoms with E-state index in [1.807, 2.05) is 19.1 Å². The predicted octanol–water partition coefficient (Wildman–Crippen LogP) is 2.68. The lowest BCUT2D eigenvalue weighted by molar-refractivity contribution is -0.123. The second-order valence-electron chi connectivity index (χ2n) is 5.65. The zero-order valence-corrected chi connectivity index (χ0v) is 14.4. The van der Waals surface area contributed by atoms with E-state index in [0.717, 1.165) is 24.8 Å². The van der Waals surface area contributed by atoms with Gasteiger partial charge in [0.2, 0.25) is 15.9 Å². The van der Waals surface area contributed by atoms with Crippen molar-refractivity contribution in [2.75, 3.05) is 17.0 Å². The Kier molecular flexibility index (Phi) is 7.38. The van der Waals surface area contributed by atoms with Crippen LogP contribution in [-0.2, 0) is 14.8 Å². The maximum absolute atomic E-state index is 12.1. The van der Waals surface area contributed by atoms with Crippen LogP contribution in [0.25, 0.3) is 0 Å². The first-order valence-corrected chi connectivity index (χ1v) is 9.34. The third-order valence-electron chi connectivity index (χ3n) is 3.32. The number of rotatable bonds is 9. The summed E-state index contributed by atoms with van der Waals surface area (Å²) in [6, 6.07) is 7.09. The van der Waals surface area contributed by atoms with Crippen LogP contribution < -0.4 is 10.0 Å². The van der Waals surface area contributed by atoms with E-state index in [-0.39, 0.29) is 11.7 Å². The average molecular weight is 326 g/mol.